The molecule has 0 atom stereocenters. The van der Waals surface area contributed by atoms with Gasteiger partial charge in [-0.1, -0.05) is 95.8 Å². The van der Waals surface area contributed by atoms with Crippen LogP contribution in [0.1, 0.15) is 125 Å². The molecule has 0 saturated carbocycles. The number of carbonyl (C=O) groups is 2. The van der Waals surface area contributed by atoms with Crippen molar-refractivity contribution in [2.24, 2.45) is 0 Å². The molecule has 0 spiro atoms. The molecule has 0 saturated heterocycles. The van der Waals surface area contributed by atoms with E-state index in [4.69, 9.17) is 0 Å². The van der Waals surface area contributed by atoms with E-state index in [1.807, 2.05) is 12.1 Å². The zero-order chi connectivity index (χ0) is 31.3. The summed E-state index contributed by atoms with van der Waals surface area (Å²) in [5.74, 6) is 0.461. The molecule has 4 nitrogen and oxygen atoms in total. The highest BCUT2D eigenvalue weighted by molar-refractivity contribution is 6.21. The van der Waals surface area contributed by atoms with Crippen LogP contribution in [0.4, 0.5) is 0 Å². The maximum Gasteiger partial charge on any atom is 0.163 e. The summed E-state index contributed by atoms with van der Waals surface area (Å²) < 4.78 is 0. The minimum atomic E-state index is 0.227. The van der Waals surface area contributed by atoms with Crippen LogP contribution in [0.5, 0.6) is 0 Å². The monoisotopic (exact) mass is 596 g/mol. The van der Waals surface area contributed by atoms with Gasteiger partial charge in [0.25, 0.3) is 0 Å². The number of Topliss-reactive ketones (excluding diaryl/α,β-unsaturated/α-hetero) is 2. The third-order valence-corrected chi connectivity index (χ3v) is 9.33. The van der Waals surface area contributed by atoms with E-state index in [-0.39, 0.29) is 11.6 Å². The van der Waals surface area contributed by atoms with Gasteiger partial charge in [0.1, 0.15) is 0 Å². The summed E-state index contributed by atoms with van der Waals surface area (Å²) in [5, 5.41) is 2.20. The smallest absolute Gasteiger partial charge is 0.163 e. The molecule has 0 aromatic heterocycles. The van der Waals surface area contributed by atoms with Gasteiger partial charge in [0.05, 0.1) is 0 Å². The van der Waals surface area contributed by atoms with Crippen molar-refractivity contribution < 1.29 is 9.59 Å². The first-order chi connectivity index (χ1) is 21.5. The lowest BCUT2D eigenvalue weighted by Crippen LogP contribution is -2.27. The van der Waals surface area contributed by atoms with Crippen LogP contribution in [0.15, 0.2) is 48.5 Å². The Morgan fingerprint density at radius 2 is 1.02 bits per heavy atom. The molecule has 0 amide bonds. The van der Waals surface area contributed by atoms with E-state index in [0.717, 1.165) is 85.1 Å². The maximum atomic E-state index is 13.5. The van der Waals surface area contributed by atoms with Gasteiger partial charge in [0.2, 0.25) is 0 Å². The predicted molar refractivity (Wildman–Crippen MR) is 188 cm³/mol. The lowest BCUT2D eigenvalue weighted by Gasteiger charge is -2.21. The first-order valence-electron chi connectivity index (χ1n) is 17.7. The topological polar surface area (TPSA) is 40.6 Å². The van der Waals surface area contributed by atoms with Gasteiger partial charge in [-0.2, -0.15) is 0 Å². The molecule has 3 aromatic carbocycles. The average Bonchev–Trinajstić information content (AvgIpc) is 3.37. The van der Waals surface area contributed by atoms with Crippen LogP contribution >= 0.6 is 0 Å². The Morgan fingerprint density at radius 1 is 0.523 bits per heavy atom. The van der Waals surface area contributed by atoms with Gasteiger partial charge in [-0.3, -0.25) is 9.59 Å². The van der Waals surface area contributed by atoms with Gasteiger partial charge in [0, 0.05) is 24.0 Å². The van der Waals surface area contributed by atoms with Crippen molar-refractivity contribution in [3.05, 3.63) is 59.7 Å². The summed E-state index contributed by atoms with van der Waals surface area (Å²) in [6, 6.07) is 16.7. The van der Waals surface area contributed by atoms with Crippen molar-refractivity contribution in [3.8, 4) is 22.3 Å². The zero-order valence-corrected chi connectivity index (χ0v) is 28.1. The van der Waals surface area contributed by atoms with Crippen molar-refractivity contribution in [3.63, 3.8) is 0 Å². The maximum absolute atomic E-state index is 13.5. The lowest BCUT2D eigenvalue weighted by molar-refractivity contribution is 0.0967. The van der Waals surface area contributed by atoms with Crippen LogP contribution in [-0.2, 0) is 0 Å². The molecule has 0 bridgehead atoms. The van der Waals surface area contributed by atoms with Crippen molar-refractivity contribution in [1.29, 1.82) is 0 Å². The number of fused-ring (bicyclic) bond motifs is 3. The largest absolute Gasteiger partial charge is 0.303 e. The minimum Gasteiger partial charge on any atom is -0.303 e. The van der Waals surface area contributed by atoms with Crippen LogP contribution in [0.2, 0.25) is 0 Å². The average molecular weight is 597 g/mol. The molecule has 1 aliphatic carbocycles. The Balaban J connectivity index is 1.44. The molecular formula is C40H56N2O2. The molecule has 238 valence electrons. The first kappa shape index (κ1) is 34.1. The molecule has 1 aliphatic rings. The van der Waals surface area contributed by atoms with E-state index in [2.05, 4.69) is 73.9 Å². The van der Waals surface area contributed by atoms with Gasteiger partial charge < -0.3 is 9.80 Å². The van der Waals surface area contributed by atoms with Crippen LogP contribution in [0.3, 0.4) is 0 Å². The van der Waals surface area contributed by atoms with Crippen LogP contribution in [0.25, 0.3) is 33.0 Å². The molecule has 0 unspecified atom stereocenters. The number of nitrogens with zero attached hydrogens (tertiary/aromatic N) is 2. The van der Waals surface area contributed by atoms with E-state index >= 15 is 0 Å². The second-order valence-corrected chi connectivity index (χ2v) is 12.8. The Hall–Kier alpha value is -2.82. The number of unbranched alkanes of at least 4 members (excludes halogenated alkanes) is 4. The van der Waals surface area contributed by atoms with Crippen molar-refractivity contribution >= 4 is 22.3 Å². The minimum absolute atomic E-state index is 0.227. The molecule has 0 aliphatic heterocycles. The van der Waals surface area contributed by atoms with Crippen LogP contribution in [0, 0.1) is 0 Å². The quantitative estimate of drug-likeness (QED) is 0.0847. The van der Waals surface area contributed by atoms with Gasteiger partial charge >= 0.3 is 0 Å². The van der Waals surface area contributed by atoms with Crippen LogP contribution < -0.4 is 0 Å². The van der Waals surface area contributed by atoms with Crippen molar-refractivity contribution in [2.75, 3.05) is 39.3 Å². The number of rotatable bonds is 22. The summed E-state index contributed by atoms with van der Waals surface area (Å²) in [5.41, 5.74) is 6.24. The third kappa shape index (κ3) is 8.67. The zero-order valence-electron chi connectivity index (χ0n) is 28.1. The van der Waals surface area contributed by atoms with Gasteiger partial charge in [-0.15, -0.1) is 0 Å². The number of benzene rings is 3. The second kappa shape index (κ2) is 17.6. The molecule has 0 fully saturated rings. The number of hydrogen-bond acceptors (Lipinski definition) is 4. The molecule has 4 heteroatoms. The van der Waals surface area contributed by atoms with Gasteiger partial charge in [-0.05, 0) is 117 Å². The highest BCUT2D eigenvalue weighted by atomic mass is 16.1. The summed E-state index contributed by atoms with van der Waals surface area (Å²) in [6.07, 6.45) is 12.7. The number of ketones is 2. The molecular weight excluding hydrogens is 540 g/mol. The lowest BCUT2D eigenvalue weighted by atomic mass is 9.94. The number of carbonyl (C=O) groups excluding carboxylic acids is 2. The SMILES string of the molecule is CCCCN(CCCC)CCCC(=O)c1ccc2c(c1)-c1ccc(C(=O)CCCN(CCCC)CCCC)c3cccc-2c13. The van der Waals surface area contributed by atoms with E-state index < -0.39 is 0 Å². The Bertz CT molecular complexity index is 1360. The van der Waals surface area contributed by atoms with E-state index in [1.165, 1.54) is 62.5 Å². The van der Waals surface area contributed by atoms with E-state index in [0.29, 0.717) is 12.8 Å². The molecule has 0 radical (unpaired) electrons. The van der Waals surface area contributed by atoms with Crippen LogP contribution in [-0.4, -0.2) is 60.6 Å². The van der Waals surface area contributed by atoms with Crippen molar-refractivity contribution in [2.45, 2.75) is 105 Å². The molecule has 3 aromatic rings. The Morgan fingerprint density at radius 3 is 1.59 bits per heavy atom. The summed E-state index contributed by atoms with van der Waals surface area (Å²) in [4.78, 5) is 31.9. The molecule has 0 N–H and O–H groups in total. The first-order valence-corrected chi connectivity index (χ1v) is 17.7. The highest BCUT2D eigenvalue weighted by Crippen LogP contribution is 2.48. The standard InChI is InChI=1S/C40H56N2O2/c1-5-9-24-41(25-10-6-2)28-14-18-38(43)31-20-21-32-34-16-13-17-35-33(22-23-36(40(34)35)37(32)30-31)39(44)19-15-29-42(26-11-7-3)27-12-8-4/h13,16-17,20-23,30H,5-12,14-15,18-19,24-29H2,1-4H3. The Kier molecular flexibility index (Phi) is 13.6. The predicted octanol–water partition coefficient (Wildman–Crippen LogP) is 10.2. The summed E-state index contributed by atoms with van der Waals surface area (Å²) in [6.45, 7) is 15.5. The molecule has 44 heavy (non-hydrogen) atoms. The molecule has 0 heterocycles. The summed E-state index contributed by atoms with van der Waals surface area (Å²) >= 11 is 0. The number of hydrogen-bond donors (Lipinski definition) is 0. The van der Waals surface area contributed by atoms with Crippen molar-refractivity contribution in [1.82, 2.24) is 9.80 Å². The normalized spacial score (nSPS) is 12.0. The van der Waals surface area contributed by atoms with Gasteiger partial charge in [-0.25, -0.2) is 0 Å². The summed E-state index contributed by atoms with van der Waals surface area (Å²) in [7, 11) is 0. The van der Waals surface area contributed by atoms with E-state index in [9.17, 15) is 9.59 Å². The fourth-order valence-electron chi connectivity index (χ4n) is 6.68. The fourth-order valence-corrected chi connectivity index (χ4v) is 6.68. The second-order valence-electron chi connectivity index (χ2n) is 12.8. The molecule has 4 rings (SSSR count). The highest BCUT2D eigenvalue weighted by Gasteiger charge is 2.25. The van der Waals surface area contributed by atoms with Gasteiger partial charge in [0.15, 0.2) is 11.6 Å². The Labute approximate surface area is 267 Å². The fraction of sp³-hybridized carbons (Fsp3) is 0.550. The van der Waals surface area contributed by atoms with E-state index in [1.54, 1.807) is 0 Å². The third-order valence-electron chi connectivity index (χ3n) is 9.33.